The fourth-order valence-corrected chi connectivity index (χ4v) is 1.75. The van der Waals surface area contributed by atoms with Crippen molar-refractivity contribution >= 4 is 5.82 Å². The summed E-state index contributed by atoms with van der Waals surface area (Å²) in [6, 6.07) is 10.1. The van der Waals surface area contributed by atoms with E-state index in [0.29, 0.717) is 5.82 Å². The molecular weight excluding hydrogens is 222 g/mol. The molecule has 0 saturated heterocycles. The van der Waals surface area contributed by atoms with Crippen LogP contribution in [0.1, 0.15) is 32.2 Å². The van der Waals surface area contributed by atoms with Crippen LogP contribution in [0.3, 0.4) is 0 Å². The molecule has 2 N–H and O–H groups in total. The summed E-state index contributed by atoms with van der Waals surface area (Å²) in [5.41, 5.74) is 8.84. The number of benzene rings is 1. The first-order chi connectivity index (χ1) is 8.39. The molecular formula is C15H19N3. The molecule has 2 aromatic rings. The maximum atomic E-state index is 6.00. The highest BCUT2D eigenvalue weighted by molar-refractivity contribution is 5.67. The quantitative estimate of drug-likeness (QED) is 0.833. The Balaban J connectivity index is 2.64. The van der Waals surface area contributed by atoms with Crippen LogP contribution in [0.25, 0.3) is 11.3 Å². The molecule has 0 aliphatic rings. The molecule has 0 spiro atoms. The zero-order chi connectivity index (χ0) is 13.3. The molecule has 0 unspecified atom stereocenters. The third kappa shape index (κ3) is 2.35. The maximum absolute atomic E-state index is 6.00. The summed E-state index contributed by atoms with van der Waals surface area (Å²) in [5, 5.41) is 0. The number of nitrogens with zero attached hydrogens (tertiary/aromatic N) is 2. The van der Waals surface area contributed by atoms with Gasteiger partial charge in [-0.2, -0.15) is 0 Å². The normalized spacial score (nSPS) is 11.6. The SMILES string of the molecule is Cc1c(N)nc(C(C)(C)C)nc1-c1ccccc1. The van der Waals surface area contributed by atoms with Crippen LogP contribution in [0.5, 0.6) is 0 Å². The second-order valence-electron chi connectivity index (χ2n) is 5.52. The van der Waals surface area contributed by atoms with Crippen molar-refractivity contribution < 1.29 is 0 Å². The molecule has 18 heavy (non-hydrogen) atoms. The van der Waals surface area contributed by atoms with E-state index in [1.54, 1.807) is 0 Å². The molecule has 0 saturated carbocycles. The molecule has 0 fully saturated rings. The van der Waals surface area contributed by atoms with Crippen molar-refractivity contribution in [3.8, 4) is 11.3 Å². The van der Waals surface area contributed by atoms with Gasteiger partial charge >= 0.3 is 0 Å². The van der Waals surface area contributed by atoms with E-state index < -0.39 is 0 Å². The van der Waals surface area contributed by atoms with Gasteiger partial charge in [0.1, 0.15) is 11.6 Å². The van der Waals surface area contributed by atoms with E-state index >= 15 is 0 Å². The lowest BCUT2D eigenvalue weighted by Gasteiger charge is -2.19. The van der Waals surface area contributed by atoms with Crippen LogP contribution in [0, 0.1) is 6.92 Å². The Kier molecular flexibility index (Phi) is 3.07. The molecule has 0 amide bonds. The van der Waals surface area contributed by atoms with E-state index in [1.165, 1.54) is 0 Å². The summed E-state index contributed by atoms with van der Waals surface area (Å²) in [5.74, 6) is 1.35. The summed E-state index contributed by atoms with van der Waals surface area (Å²) < 4.78 is 0. The van der Waals surface area contributed by atoms with E-state index in [1.807, 2.05) is 37.3 Å². The molecule has 3 nitrogen and oxygen atoms in total. The standard InChI is InChI=1S/C15H19N3/c1-10-12(11-8-6-5-7-9-11)17-14(15(2,3)4)18-13(10)16/h5-9H,1-4H3,(H2,16,17,18). The van der Waals surface area contributed by atoms with Gasteiger partial charge in [0.05, 0.1) is 5.69 Å². The molecule has 2 rings (SSSR count). The molecule has 1 heterocycles. The molecule has 0 aliphatic carbocycles. The van der Waals surface area contributed by atoms with Gasteiger partial charge in [0.15, 0.2) is 0 Å². The Morgan fingerprint density at radius 2 is 1.61 bits per heavy atom. The van der Waals surface area contributed by atoms with Crippen molar-refractivity contribution in [1.29, 1.82) is 0 Å². The van der Waals surface area contributed by atoms with Gasteiger partial charge in [0.2, 0.25) is 0 Å². The van der Waals surface area contributed by atoms with Gasteiger partial charge in [-0.15, -0.1) is 0 Å². The Morgan fingerprint density at radius 1 is 1.00 bits per heavy atom. The van der Waals surface area contributed by atoms with E-state index in [9.17, 15) is 0 Å². The van der Waals surface area contributed by atoms with Gasteiger partial charge < -0.3 is 5.73 Å². The van der Waals surface area contributed by atoms with Crippen molar-refractivity contribution in [3.63, 3.8) is 0 Å². The van der Waals surface area contributed by atoms with E-state index in [4.69, 9.17) is 5.73 Å². The zero-order valence-corrected chi connectivity index (χ0v) is 11.4. The summed E-state index contributed by atoms with van der Waals surface area (Å²) in [7, 11) is 0. The molecule has 3 heteroatoms. The summed E-state index contributed by atoms with van der Waals surface area (Å²) >= 11 is 0. The average molecular weight is 241 g/mol. The largest absolute Gasteiger partial charge is 0.383 e. The zero-order valence-electron chi connectivity index (χ0n) is 11.4. The van der Waals surface area contributed by atoms with Crippen molar-refractivity contribution in [2.24, 2.45) is 0 Å². The minimum Gasteiger partial charge on any atom is -0.383 e. The van der Waals surface area contributed by atoms with Crippen LogP contribution in [-0.4, -0.2) is 9.97 Å². The third-order valence-corrected chi connectivity index (χ3v) is 2.90. The van der Waals surface area contributed by atoms with Gasteiger partial charge in [0, 0.05) is 16.5 Å². The van der Waals surface area contributed by atoms with Crippen molar-refractivity contribution in [2.75, 3.05) is 5.73 Å². The summed E-state index contributed by atoms with van der Waals surface area (Å²) in [6.45, 7) is 8.23. The molecule has 0 radical (unpaired) electrons. The van der Waals surface area contributed by atoms with Gasteiger partial charge in [-0.25, -0.2) is 9.97 Å². The van der Waals surface area contributed by atoms with Crippen LogP contribution in [0.2, 0.25) is 0 Å². The molecule has 94 valence electrons. The molecule has 1 aromatic heterocycles. The van der Waals surface area contributed by atoms with Crippen LogP contribution < -0.4 is 5.73 Å². The Labute approximate surface area is 108 Å². The number of rotatable bonds is 1. The number of hydrogen-bond donors (Lipinski definition) is 1. The third-order valence-electron chi connectivity index (χ3n) is 2.90. The monoisotopic (exact) mass is 241 g/mol. The van der Waals surface area contributed by atoms with E-state index in [2.05, 4.69) is 30.7 Å². The number of hydrogen-bond acceptors (Lipinski definition) is 3. The first kappa shape index (κ1) is 12.6. The predicted molar refractivity (Wildman–Crippen MR) is 75.3 cm³/mol. The van der Waals surface area contributed by atoms with Crippen molar-refractivity contribution in [3.05, 3.63) is 41.7 Å². The maximum Gasteiger partial charge on any atom is 0.136 e. The molecule has 1 aromatic carbocycles. The first-order valence-electron chi connectivity index (χ1n) is 6.09. The fraction of sp³-hybridized carbons (Fsp3) is 0.333. The topological polar surface area (TPSA) is 51.8 Å². The Morgan fingerprint density at radius 3 is 2.17 bits per heavy atom. The van der Waals surface area contributed by atoms with E-state index in [0.717, 1.165) is 22.6 Å². The Hall–Kier alpha value is -1.90. The number of anilines is 1. The lowest BCUT2D eigenvalue weighted by molar-refractivity contribution is 0.546. The number of nitrogens with two attached hydrogens (primary N) is 1. The second kappa shape index (κ2) is 4.41. The van der Waals surface area contributed by atoms with Crippen LogP contribution in [0.4, 0.5) is 5.82 Å². The van der Waals surface area contributed by atoms with Crippen LogP contribution in [0.15, 0.2) is 30.3 Å². The predicted octanol–water partition coefficient (Wildman–Crippen LogP) is 3.33. The van der Waals surface area contributed by atoms with Crippen LogP contribution in [-0.2, 0) is 5.41 Å². The smallest absolute Gasteiger partial charge is 0.136 e. The van der Waals surface area contributed by atoms with Crippen molar-refractivity contribution in [1.82, 2.24) is 9.97 Å². The molecule has 0 aliphatic heterocycles. The summed E-state index contributed by atoms with van der Waals surface area (Å²) in [4.78, 5) is 9.08. The molecule has 0 bridgehead atoms. The lowest BCUT2D eigenvalue weighted by atomic mass is 9.95. The average Bonchev–Trinajstić information content (AvgIpc) is 2.32. The lowest BCUT2D eigenvalue weighted by Crippen LogP contribution is -2.18. The highest BCUT2D eigenvalue weighted by Crippen LogP contribution is 2.28. The minimum absolute atomic E-state index is 0.106. The van der Waals surface area contributed by atoms with Gasteiger partial charge in [-0.05, 0) is 6.92 Å². The van der Waals surface area contributed by atoms with Gasteiger partial charge in [-0.3, -0.25) is 0 Å². The van der Waals surface area contributed by atoms with Gasteiger partial charge in [-0.1, -0.05) is 51.1 Å². The number of nitrogen functional groups attached to an aromatic ring is 1. The van der Waals surface area contributed by atoms with Crippen LogP contribution >= 0.6 is 0 Å². The summed E-state index contributed by atoms with van der Waals surface area (Å²) in [6.07, 6.45) is 0. The Bertz CT molecular complexity index is 554. The highest BCUT2D eigenvalue weighted by Gasteiger charge is 2.20. The van der Waals surface area contributed by atoms with Crippen molar-refractivity contribution in [2.45, 2.75) is 33.1 Å². The molecule has 0 atom stereocenters. The van der Waals surface area contributed by atoms with E-state index in [-0.39, 0.29) is 5.41 Å². The number of aromatic nitrogens is 2. The minimum atomic E-state index is -0.106. The fourth-order valence-electron chi connectivity index (χ4n) is 1.75. The highest BCUT2D eigenvalue weighted by atomic mass is 15.0. The first-order valence-corrected chi connectivity index (χ1v) is 6.09. The second-order valence-corrected chi connectivity index (χ2v) is 5.52. The van der Waals surface area contributed by atoms with Gasteiger partial charge in [0.25, 0.3) is 0 Å².